The van der Waals surface area contributed by atoms with Crippen molar-refractivity contribution in [3.05, 3.63) is 30.3 Å². The summed E-state index contributed by atoms with van der Waals surface area (Å²) < 4.78 is 14.6. The lowest BCUT2D eigenvalue weighted by Gasteiger charge is -1.96. The first kappa shape index (κ1) is 7.81. The monoisotopic (exact) mass is 174 g/mol. The number of halogens is 1. The number of benzene rings is 1. The van der Waals surface area contributed by atoms with Gasteiger partial charge in [-0.05, 0) is 18.2 Å². The molecule has 0 N–H and O–H groups in total. The molecule has 1 aromatic carbocycles. The number of terminal acetylenes is 1. The summed E-state index contributed by atoms with van der Waals surface area (Å²) in [5.41, 5.74) is 1.50. The van der Waals surface area contributed by atoms with Crippen LogP contribution in [0.1, 0.15) is 0 Å². The predicted molar refractivity (Wildman–Crippen MR) is 48.5 cm³/mol. The van der Waals surface area contributed by atoms with Crippen molar-refractivity contribution in [3.8, 4) is 12.3 Å². The van der Waals surface area contributed by atoms with Crippen molar-refractivity contribution in [2.24, 2.45) is 0 Å². The van der Waals surface area contributed by atoms with E-state index in [1.807, 2.05) is 0 Å². The fraction of sp³-hybridized carbons (Fsp3) is 0.100. The van der Waals surface area contributed by atoms with Crippen molar-refractivity contribution < 1.29 is 4.39 Å². The third-order valence-electron chi connectivity index (χ3n) is 1.84. The van der Waals surface area contributed by atoms with Gasteiger partial charge in [-0.2, -0.15) is 0 Å². The summed E-state index contributed by atoms with van der Waals surface area (Å²) >= 11 is 0. The second-order valence-electron chi connectivity index (χ2n) is 2.71. The standard InChI is InChI=1S/C10H7FN2/c1-2-5-13-7-12-9-4-3-8(11)6-10(9)13/h1,3-4,6-7H,5H2. The lowest BCUT2D eigenvalue weighted by molar-refractivity contribution is 0.628. The van der Waals surface area contributed by atoms with Crippen LogP contribution < -0.4 is 0 Å². The first-order chi connectivity index (χ1) is 6.31. The highest BCUT2D eigenvalue weighted by atomic mass is 19.1. The van der Waals surface area contributed by atoms with E-state index in [1.54, 1.807) is 17.0 Å². The minimum atomic E-state index is -0.272. The van der Waals surface area contributed by atoms with E-state index in [1.165, 1.54) is 12.1 Å². The van der Waals surface area contributed by atoms with Gasteiger partial charge < -0.3 is 4.57 Å². The van der Waals surface area contributed by atoms with E-state index < -0.39 is 0 Å². The van der Waals surface area contributed by atoms with Crippen LogP contribution in [0, 0.1) is 18.2 Å². The zero-order valence-electron chi connectivity index (χ0n) is 6.87. The summed E-state index contributed by atoms with van der Waals surface area (Å²) in [6, 6.07) is 4.45. The molecular weight excluding hydrogens is 167 g/mol. The van der Waals surface area contributed by atoms with Crippen molar-refractivity contribution in [2.75, 3.05) is 0 Å². The molecule has 0 bridgehead atoms. The first-order valence-electron chi connectivity index (χ1n) is 3.85. The van der Waals surface area contributed by atoms with E-state index in [4.69, 9.17) is 6.42 Å². The molecule has 0 aliphatic heterocycles. The molecule has 3 heteroatoms. The maximum atomic E-state index is 12.8. The predicted octanol–water partition coefficient (Wildman–Crippen LogP) is 1.81. The highest BCUT2D eigenvalue weighted by Crippen LogP contribution is 2.13. The zero-order chi connectivity index (χ0) is 9.26. The van der Waals surface area contributed by atoms with Gasteiger partial charge in [0.15, 0.2) is 0 Å². The van der Waals surface area contributed by atoms with Gasteiger partial charge in [0.2, 0.25) is 0 Å². The van der Waals surface area contributed by atoms with E-state index in [-0.39, 0.29) is 5.82 Å². The van der Waals surface area contributed by atoms with Gasteiger partial charge >= 0.3 is 0 Å². The molecule has 0 amide bonds. The molecule has 64 valence electrons. The quantitative estimate of drug-likeness (QED) is 0.603. The summed E-state index contributed by atoms with van der Waals surface area (Å²) in [5.74, 6) is 2.21. The van der Waals surface area contributed by atoms with Crippen LogP contribution in [0.25, 0.3) is 11.0 Å². The Morgan fingerprint density at radius 3 is 3.15 bits per heavy atom. The summed E-state index contributed by atoms with van der Waals surface area (Å²) in [7, 11) is 0. The highest BCUT2D eigenvalue weighted by molar-refractivity contribution is 5.75. The SMILES string of the molecule is C#CCn1cnc2ccc(F)cc21. The van der Waals surface area contributed by atoms with E-state index in [0.717, 1.165) is 11.0 Å². The molecule has 0 aliphatic carbocycles. The van der Waals surface area contributed by atoms with E-state index >= 15 is 0 Å². The smallest absolute Gasteiger partial charge is 0.125 e. The molecule has 13 heavy (non-hydrogen) atoms. The molecule has 0 unspecified atom stereocenters. The van der Waals surface area contributed by atoms with Crippen molar-refractivity contribution in [1.82, 2.24) is 9.55 Å². The summed E-state index contributed by atoms with van der Waals surface area (Å²) in [6.07, 6.45) is 6.77. The van der Waals surface area contributed by atoms with Crippen molar-refractivity contribution in [3.63, 3.8) is 0 Å². The Balaban J connectivity index is 2.66. The molecule has 0 radical (unpaired) electrons. The van der Waals surface area contributed by atoms with Gasteiger partial charge in [-0.15, -0.1) is 6.42 Å². The lowest BCUT2D eigenvalue weighted by atomic mass is 10.3. The van der Waals surface area contributed by atoms with Crippen LogP contribution in [0.5, 0.6) is 0 Å². The fourth-order valence-corrected chi connectivity index (χ4v) is 1.25. The molecule has 0 spiro atoms. The van der Waals surface area contributed by atoms with Crippen LogP contribution in [-0.4, -0.2) is 9.55 Å². The maximum absolute atomic E-state index is 12.8. The number of nitrogens with zero attached hydrogens (tertiary/aromatic N) is 2. The molecule has 0 atom stereocenters. The van der Waals surface area contributed by atoms with Crippen molar-refractivity contribution >= 4 is 11.0 Å². The zero-order valence-corrected chi connectivity index (χ0v) is 6.87. The third kappa shape index (κ3) is 1.27. The Labute approximate surface area is 75.0 Å². The average Bonchev–Trinajstić information content (AvgIpc) is 2.49. The fourth-order valence-electron chi connectivity index (χ4n) is 1.25. The van der Waals surface area contributed by atoms with Gasteiger partial charge in [-0.3, -0.25) is 0 Å². The summed E-state index contributed by atoms with van der Waals surface area (Å²) in [5, 5.41) is 0. The summed E-state index contributed by atoms with van der Waals surface area (Å²) in [6.45, 7) is 0.417. The van der Waals surface area contributed by atoms with E-state index in [0.29, 0.717) is 6.54 Å². The van der Waals surface area contributed by atoms with Crippen LogP contribution in [0.4, 0.5) is 4.39 Å². The van der Waals surface area contributed by atoms with Gasteiger partial charge in [0.25, 0.3) is 0 Å². The summed E-state index contributed by atoms with van der Waals surface area (Å²) in [4.78, 5) is 4.08. The largest absolute Gasteiger partial charge is 0.319 e. The topological polar surface area (TPSA) is 17.8 Å². The Hall–Kier alpha value is -1.82. The number of hydrogen-bond donors (Lipinski definition) is 0. The van der Waals surface area contributed by atoms with E-state index in [9.17, 15) is 4.39 Å². The normalized spacial score (nSPS) is 10.2. The molecule has 1 aromatic heterocycles. The molecule has 0 saturated carbocycles. The number of imidazole rings is 1. The Morgan fingerprint density at radius 2 is 2.38 bits per heavy atom. The average molecular weight is 174 g/mol. The van der Waals surface area contributed by atoms with E-state index in [2.05, 4.69) is 10.9 Å². The second-order valence-corrected chi connectivity index (χ2v) is 2.71. The van der Waals surface area contributed by atoms with Crippen LogP contribution in [0.2, 0.25) is 0 Å². The molecule has 2 aromatic rings. The molecule has 0 aliphatic rings. The first-order valence-corrected chi connectivity index (χ1v) is 3.85. The van der Waals surface area contributed by atoms with Crippen LogP contribution >= 0.6 is 0 Å². The van der Waals surface area contributed by atoms with Gasteiger partial charge in [-0.1, -0.05) is 5.92 Å². The molecule has 0 saturated heterocycles. The third-order valence-corrected chi connectivity index (χ3v) is 1.84. The second kappa shape index (κ2) is 2.91. The van der Waals surface area contributed by atoms with Crippen molar-refractivity contribution in [1.29, 1.82) is 0 Å². The van der Waals surface area contributed by atoms with Crippen molar-refractivity contribution in [2.45, 2.75) is 6.54 Å². The number of aromatic nitrogens is 2. The Morgan fingerprint density at radius 1 is 1.54 bits per heavy atom. The number of rotatable bonds is 1. The maximum Gasteiger partial charge on any atom is 0.125 e. The minimum absolute atomic E-state index is 0.272. The van der Waals surface area contributed by atoms with Gasteiger partial charge in [0.1, 0.15) is 5.82 Å². The number of hydrogen-bond acceptors (Lipinski definition) is 1. The lowest BCUT2D eigenvalue weighted by Crippen LogP contribution is -1.92. The van der Waals surface area contributed by atoms with Gasteiger partial charge in [0.05, 0.1) is 23.9 Å². The molecule has 2 nitrogen and oxygen atoms in total. The van der Waals surface area contributed by atoms with Gasteiger partial charge in [-0.25, -0.2) is 9.37 Å². The molecule has 1 heterocycles. The van der Waals surface area contributed by atoms with Crippen LogP contribution in [-0.2, 0) is 6.54 Å². The Kier molecular flexibility index (Phi) is 1.75. The minimum Gasteiger partial charge on any atom is -0.319 e. The van der Waals surface area contributed by atoms with Crippen LogP contribution in [0.15, 0.2) is 24.5 Å². The van der Waals surface area contributed by atoms with Gasteiger partial charge in [0, 0.05) is 0 Å². The van der Waals surface area contributed by atoms with Crippen LogP contribution in [0.3, 0.4) is 0 Å². The highest BCUT2D eigenvalue weighted by Gasteiger charge is 2.01. The molecule has 2 rings (SSSR count). The number of fused-ring (bicyclic) bond motifs is 1. The molecule has 0 fully saturated rings. The molecular formula is C10H7FN2. The Bertz CT molecular complexity index is 479.